The van der Waals surface area contributed by atoms with E-state index < -0.39 is 5.97 Å². The lowest BCUT2D eigenvalue weighted by atomic mass is 9.92. The van der Waals surface area contributed by atoms with Crippen LogP contribution in [0.15, 0.2) is 18.2 Å². The van der Waals surface area contributed by atoms with Crippen molar-refractivity contribution >= 4 is 11.9 Å². The van der Waals surface area contributed by atoms with Crippen LogP contribution in [0.4, 0.5) is 0 Å². The van der Waals surface area contributed by atoms with Crippen molar-refractivity contribution in [2.75, 3.05) is 46.4 Å². The molecule has 1 amide bonds. The molecule has 1 heterocycles. The van der Waals surface area contributed by atoms with Gasteiger partial charge in [0.15, 0.2) is 6.61 Å². The second-order valence-corrected chi connectivity index (χ2v) is 7.35. The van der Waals surface area contributed by atoms with Gasteiger partial charge in [-0.25, -0.2) is 0 Å². The molecule has 1 unspecified atom stereocenters. The highest BCUT2D eigenvalue weighted by molar-refractivity contribution is 5.78. The van der Waals surface area contributed by atoms with Crippen molar-refractivity contribution in [1.82, 2.24) is 9.80 Å². The summed E-state index contributed by atoms with van der Waals surface area (Å²) in [5, 5.41) is 8.84. The summed E-state index contributed by atoms with van der Waals surface area (Å²) in [5.41, 5.74) is 2.72. The van der Waals surface area contributed by atoms with Crippen LogP contribution in [0.2, 0.25) is 0 Å². The zero-order valence-electron chi connectivity index (χ0n) is 15.9. The van der Waals surface area contributed by atoms with Crippen LogP contribution in [-0.4, -0.2) is 79.3 Å². The van der Waals surface area contributed by atoms with Gasteiger partial charge in [-0.1, -0.05) is 6.07 Å². The summed E-state index contributed by atoms with van der Waals surface area (Å²) in [5.74, 6) is -0.198. The van der Waals surface area contributed by atoms with Gasteiger partial charge in [0, 0.05) is 19.6 Å². The normalized spacial score (nSPS) is 19.6. The van der Waals surface area contributed by atoms with Crippen molar-refractivity contribution in [2.24, 2.45) is 0 Å². The topological polar surface area (TPSA) is 79.3 Å². The number of carbonyl (C=O) groups excluding carboxylic acids is 1. The zero-order valence-corrected chi connectivity index (χ0v) is 15.9. The fourth-order valence-corrected chi connectivity index (χ4v) is 3.74. The molecular formula is C20H28N2O5. The number of hydrogen-bond donors (Lipinski definition) is 1. The molecule has 2 aliphatic rings. The molecule has 27 heavy (non-hydrogen) atoms. The standard InChI is InChI=1S/C20H28N2O5/c1-21(13-20(24)25)11-18-12-22(8-9-26-18)19(23)14-27-17-7-6-15-4-2-3-5-16(15)10-17/h6-7,10,18H,2-5,8-9,11-14H2,1H3,(H,24,25). The van der Waals surface area contributed by atoms with Crippen LogP contribution >= 0.6 is 0 Å². The average Bonchev–Trinajstić information content (AvgIpc) is 2.65. The Morgan fingerprint density at radius 1 is 1.30 bits per heavy atom. The number of carboxylic acid groups (broad SMARTS) is 1. The second kappa shape index (κ2) is 9.19. The first kappa shape index (κ1) is 19.6. The maximum atomic E-state index is 12.5. The van der Waals surface area contributed by atoms with Gasteiger partial charge in [-0.3, -0.25) is 14.5 Å². The number of aryl methyl sites for hydroxylation is 2. The molecule has 3 rings (SSSR count). The monoisotopic (exact) mass is 376 g/mol. The molecule has 148 valence electrons. The Kier molecular flexibility index (Phi) is 6.68. The molecule has 1 aliphatic carbocycles. The Morgan fingerprint density at radius 3 is 2.85 bits per heavy atom. The van der Waals surface area contributed by atoms with Crippen molar-refractivity contribution in [3.05, 3.63) is 29.3 Å². The first-order valence-corrected chi connectivity index (χ1v) is 9.55. The quantitative estimate of drug-likeness (QED) is 0.770. The molecule has 1 aromatic carbocycles. The SMILES string of the molecule is CN(CC(=O)O)CC1CN(C(=O)COc2ccc3c(c2)CCCC3)CCO1. The van der Waals surface area contributed by atoms with Crippen molar-refractivity contribution in [3.8, 4) is 5.75 Å². The summed E-state index contributed by atoms with van der Waals surface area (Å²) in [4.78, 5) is 26.7. The summed E-state index contributed by atoms with van der Waals surface area (Å²) >= 11 is 0. The average molecular weight is 376 g/mol. The highest BCUT2D eigenvalue weighted by Gasteiger charge is 2.26. The van der Waals surface area contributed by atoms with Crippen molar-refractivity contribution < 1.29 is 24.2 Å². The van der Waals surface area contributed by atoms with Gasteiger partial charge in [-0.15, -0.1) is 0 Å². The molecule has 7 heteroatoms. The van der Waals surface area contributed by atoms with Crippen LogP contribution in [0.5, 0.6) is 5.75 Å². The number of carbonyl (C=O) groups is 2. The van der Waals surface area contributed by atoms with Crippen molar-refractivity contribution in [2.45, 2.75) is 31.8 Å². The molecule has 1 aromatic rings. The van der Waals surface area contributed by atoms with Gasteiger partial charge in [0.2, 0.25) is 0 Å². The summed E-state index contributed by atoms with van der Waals surface area (Å²) in [6, 6.07) is 6.11. The molecule has 0 spiro atoms. The number of benzene rings is 1. The number of ether oxygens (including phenoxy) is 2. The Labute approximate surface area is 159 Å². The number of fused-ring (bicyclic) bond motifs is 1. The third kappa shape index (κ3) is 5.68. The molecule has 1 fully saturated rings. The van der Waals surface area contributed by atoms with E-state index in [0.717, 1.165) is 18.6 Å². The van der Waals surface area contributed by atoms with Gasteiger partial charge in [0.1, 0.15) is 5.75 Å². The Morgan fingerprint density at radius 2 is 2.07 bits per heavy atom. The molecule has 1 atom stereocenters. The lowest BCUT2D eigenvalue weighted by molar-refractivity contribution is -0.143. The Balaban J connectivity index is 1.48. The van der Waals surface area contributed by atoms with Gasteiger partial charge in [-0.2, -0.15) is 0 Å². The maximum Gasteiger partial charge on any atom is 0.317 e. The van der Waals surface area contributed by atoms with Crippen molar-refractivity contribution in [1.29, 1.82) is 0 Å². The molecule has 1 aliphatic heterocycles. The van der Waals surface area contributed by atoms with Crippen molar-refractivity contribution in [3.63, 3.8) is 0 Å². The zero-order chi connectivity index (χ0) is 19.2. The van der Waals surface area contributed by atoms with E-state index in [-0.39, 0.29) is 25.2 Å². The predicted molar refractivity (Wildman–Crippen MR) is 100 cm³/mol. The number of aliphatic carboxylic acids is 1. The van der Waals surface area contributed by atoms with E-state index in [0.29, 0.717) is 26.2 Å². The third-order valence-electron chi connectivity index (χ3n) is 5.09. The summed E-state index contributed by atoms with van der Waals surface area (Å²) in [7, 11) is 1.73. The lowest BCUT2D eigenvalue weighted by Crippen LogP contribution is -2.50. The van der Waals surface area contributed by atoms with E-state index in [2.05, 4.69) is 12.1 Å². The van der Waals surface area contributed by atoms with Gasteiger partial charge in [0.05, 0.1) is 19.3 Å². The van der Waals surface area contributed by atoms with E-state index in [9.17, 15) is 9.59 Å². The highest BCUT2D eigenvalue weighted by atomic mass is 16.5. The third-order valence-corrected chi connectivity index (χ3v) is 5.09. The largest absolute Gasteiger partial charge is 0.484 e. The Hall–Kier alpha value is -2.12. The minimum Gasteiger partial charge on any atom is -0.484 e. The Bertz CT molecular complexity index is 678. The van der Waals surface area contributed by atoms with Gasteiger partial charge in [-0.05, 0) is 56.0 Å². The summed E-state index contributed by atoms with van der Waals surface area (Å²) in [6.07, 6.45) is 4.47. The smallest absolute Gasteiger partial charge is 0.317 e. The number of rotatable bonds is 7. The number of nitrogens with zero attached hydrogens (tertiary/aromatic N) is 2. The number of hydrogen-bond acceptors (Lipinski definition) is 5. The molecule has 0 aromatic heterocycles. The van der Waals surface area contributed by atoms with Gasteiger partial charge in [0.25, 0.3) is 5.91 Å². The van der Waals surface area contributed by atoms with E-state index in [1.807, 2.05) is 6.07 Å². The van der Waals surface area contributed by atoms with Crippen LogP contribution in [-0.2, 0) is 27.2 Å². The maximum absolute atomic E-state index is 12.5. The van der Waals surface area contributed by atoms with Gasteiger partial charge < -0.3 is 19.5 Å². The first-order valence-electron chi connectivity index (χ1n) is 9.55. The molecule has 1 N–H and O–H groups in total. The molecule has 0 bridgehead atoms. The number of carboxylic acids is 1. The van der Waals surface area contributed by atoms with Crippen LogP contribution in [0.1, 0.15) is 24.0 Å². The van der Waals surface area contributed by atoms with Crippen LogP contribution in [0, 0.1) is 0 Å². The minimum absolute atomic E-state index is 0.0104. The van der Waals surface area contributed by atoms with E-state index in [4.69, 9.17) is 14.6 Å². The molecule has 1 saturated heterocycles. The fraction of sp³-hybridized carbons (Fsp3) is 0.600. The van der Waals surface area contributed by atoms with Crippen LogP contribution in [0.3, 0.4) is 0 Å². The first-order chi connectivity index (χ1) is 13.0. The number of likely N-dealkylation sites (N-methyl/N-ethyl adjacent to an activating group) is 1. The summed E-state index contributed by atoms with van der Waals surface area (Å²) in [6.45, 7) is 1.88. The molecular weight excluding hydrogens is 348 g/mol. The molecule has 0 saturated carbocycles. The lowest BCUT2D eigenvalue weighted by Gasteiger charge is -2.34. The number of amides is 1. The fourth-order valence-electron chi connectivity index (χ4n) is 3.74. The van der Waals surface area contributed by atoms with Gasteiger partial charge >= 0.3 is 5.97 Å². The molecule has 7 nitrogen and oxygen atoms in total. The minimum atomic E-state index is -0.875. The molecule has 0 radical (unpaired) electrons. The van der Waals surface area contributed by atoms with Crippen LogP contribution in [0.25, 0.3) is 0 Å². The summed E-state index contributed by atoms with van der Waals surface area (Å²) < 4.78 is 11.4. The second-order valence-electron chi connectivity index (χ2n) is 7.35. The highest BCUT2D eigenvalue weighted by Crippen LogP contribution is 2.25. The van der Waals surface area contributed by atoms with E-state index in [1.54, 1.807) is 16.8 Å². The predicted octanol–water partition coefficient (Wildman–Crippen LogP) is 1.19. The van der Waals surface area contributed by atoms with E-state index >= 15 is 0 Å². The number of morpholine rings is 1. The van der Waals surface area contributed by atoms with Crippen LogP contribution < -0.4 is 4.74 Å². The van der Waals surface area contributed by atoms with E-state index in [1.165, 1.54) is 24.0 Å².